The summed E-state index contributed by atoms with van der Waals surface area (Å²) in [4.78, 5) is 14.6. The van der Waals surface area contributed by atoms with Gasteiger partial charge in [0.2, 0.25) is 0 Å². The summed E-state index contributed by atoms with van der Waals surface area (Å²) in [6, 6.07) is 9.94. The van der Waals surface area contributed by atoms with Crippen molar-refractivity contribution in [2.24, 2.45) is 5.92 Å². The normalized spacial score (nSPS) is 25.5. The first-order valence-corrected chi connectivity index (χ1v) is 7.81. The van der Waals surface area contributed by atoms with Crippen LogP contribution in [0.1, 0.15) is 42.5 Å². The van der Waals surface area contributed by atoms with E-state index in [0.717, 1.165) is 0 Å². The summed E-state index contributed by atoms with van der Waals surface area (Å²) in [6.45, 7) is 3.04. The quantitative estimate of drug-likeness (QED) is 0.800. The van der Waals surface area contributed by atoms with Crippen LogP contribution in [0.3, 0.4) is 0 Å². The first-order chi connectivity index (χ1) is 9.84. The Balaban J connectivity index is 0.00000161. The number of carbonyl (C=O) groups is 1. The van der Waals surface area contributed by atoms with Crippen LogP contribution in [0, 0.1) is 5.92 Å². The predicted octanol–water partition coefficient (Wildman–Crippen LogP) is 3.53. The molecule has 116 valence electrons. The van der Waals surface area contributed by atoms with Gasteiger partial charge in [-0.25, -0.2) is 4.79 Å². The van der Waals surface area contributed by atoms with Crippen LogP contribution < -0.4 is 0 Å². The zero-order valence-electron chi connectivity index (χ0n) is 12.4. The highest BCUT2D eigenvalue weighted by Gasteiger charge is 2.33. The lowest BCUT2D eigenvalue weighted by atomic mass is 9.84. The molecule has 2 aliphatic heterocycles. The average molecular weight is 310 g/mol. The van der Waals surface area contributed by atoms with E-state index in [-0.39, 0.29) is 18.4 Å². The highest BCUT2D eigenvalue weighted by Crippen LogP contribution is 2.31. The van der Waals surface area contributed by atoms with Crippen LogP contribution in [0.15, 0.2) is 30.3 Å². The van der Waals surface area contributed by atoms with Gasteiger partial charge in [-0.3, -0.25) is 4.90 Å². The molecule has 0 amide bonds. The van der Waals surface area contributed by atoms with Crippen LogP contribution in [0.2, 0.25) is 0 Å². The van der Waals surface area contributed by atoms with E-state index in [9.17, 15) is 4.79 Å². The van der Waals surface area contributed by atoms with Gasteiger partial charge in [0.05, 0.1) is 12.2 Å². The zero-order valence-corrected chi connectivity index (χ0v) is 13.2. The number of esters is 1. The van der Waals surface area contributed by atoms with Gasteiger partial charge in [0, 0.05) is 12.0 Å². The Morgan fingerprint density at radius 2 is 1.86 bits per heavy atom. The molecule has 0 bridgehead atoms. The van der Waals surface area contributed by atoms with E-state index in [1.54, 1.807) is 0 Å². The summed E-state index contributed by atoms with van der Waals surface area (Å²) in [5.74, 6) is 0.343. The van der Waals surface area contributed by atoms with Gasteiger partial charge in [0.1, 0.15) is 0 Å². The van der Waals surface area contributed by atoms with Gasteiger partial charge in [-0.15, -0.1) is 12.4 Å². The van der Waals surface area contributed by atoms with E-state index < -0.39 is 0 Å². The standard InChI is InChI=1S/C17H23NO2.ClH/c19-17(14-7-2-1-3-8-14)20-13-15-9-6-12-18-11-5-4-10-16(15)18;/h1-3,7-8,15-16H,4-6,9-13H2;1H/t15-,16+;/m0./s1. The lowest BCUT2D eigenvalue weighted by Crippen LogP contribution is -2.49. The second-order valence-corrected chi connectivity index (χ2v) is 5.97. The monoisotopic (exact) mass is 309 g/mol. The molecule has 0 N–H and O–H groups in total. The highest BCUT2D eigenvalue weighted by molar-refractivity contribution is 5.89. The third-order valence-electron chi connectivity index (χ3n) is 4.67. The van der Waals surface area contributed by atoms with Crippen LogP contribution in [-0.4, -0.2) is 36.6 Å². The number of carbonyl (C=O) groups excluding carboxylic acids is 1. The van der Waals surface area contributed by atoms with Crippen molar-refractivity contribution in [3.63, 3.8) is 0 Å². The molecule has 0 saturated carbocycles. The number of piperidine rings is 2. The second kappa shape index (κ2) is 7.81. The van der Waals surface area contributed by atoms with Crippen LogP contribution in [-0.2, 0) is 4.74 Å². The van der Waals surface area contributed by atoms with Crippen LogP contribution in [0.4, 0.5) is 0 Å². The van der Waals surface area contributed by atoms with Crippen LogP contribution in [0.5, 0.6) is 0 Å². The Morgan fingerprint density at radius 1 is 1.10 bits per heavy atom. The third kappa shape index (κ3) is 3.98. The Labute approximate surface area is 133 Å². The number of ether oxygens (including phenoxy) is 1. The van der Waals surface area contributed by atoms with E-state index in [1.165, 1.54) is 45.2 Å². The van der Waals surface area contributed by atoms with E-state index in [4.69, 9.17) is 4.74 Å². The number of fused-ring (bicyclic) bond motifs is 1. The molecule has 2 saturated heterocycles. The molecule has 2 heterocycles. The van der Waals surface area contributed by atoms with Crippen molar-refractivity contribution in [1.29, 1.82) is 0 Å². The maximum atomic E-state index is 12.0. The molecule has 3 nitrogen and oxygen atoms in total. The van der Waals surface area contributed by atoms with Crippen molar-refractivity contribution >= 4 is 18.4 Å². The van der Waals surface area contributed by atoms with Crippen molar-refractivity contribution in [3.8, 4) is 0 Å². The van der Waals surface area contributed by atoms with Crippen LogP contribution in [0.25, 0.3) is 0 Å². The largest absolute Gasteiger partial charge is 0.462 e. The van der Waals surface area contributed by atoms with Gasteiger partial charge >= 0.3 is 5.97 Å². The van der Waals surface area contributed by atoms with E-state index in [0.29, 0.717) is 24.1 Å². The van der Waals surface area contributed by atoms with Crippen molar-refractivity contribution in [1.82, 2.24) is 4.90 Å². The summed E-state index contributed by atoms with van der Waals surface area (Å²) in [5, 5.41) is 0. The number of rotatable bonds is 3. The minimum atomic E-state index is -0.182. The molecular weight excluding hydrogens is 286 g/mol. The minimum absolute atomic E-state index is 0. The first-order valence-electron chi connectivity index (χ1n) is 7.81. The molecule has 1 aromatic carbocycles. The SMILES string of the molecule is Cl.O=C(OC[C@@H]1CCCN2CCCC[C@H]12)c1ccccc1. The van der Waals surface area contributed by atoms with Crippen molar-refractivity contribution < 1.29 is 9.53 Å². The summed E-state index contributed by atoms with van der Waals surface area (Å²) in [6.07, 6.45) is 6.36. The molecule has 0 unspecified atom stereocenters. The van der Waals surface area contributed by atoms with Gasteiger partial charge in [-0.1, -0.05) is 24.6 Å². The summed E-state index contributed by atoms with van der Waals surface area (Å²) < 4.78 is 5.55. The molecule has 0 radical (unpaired) electrons. The molecule has 0 spiro atoms. The third-order valence-corrected chi connectivity index (χ3v) is 4.67. The molecule has 0 aliphatic carbocycles. The Kier molecular flexibility index (Phi) is 6.07. The van der Waals surface area contributed by atoms with Gasteiger partial charge in [0.15, 0.2) is 0 Å². The smallest absolute Gasteiger partial charge is 0.338 e. The molecule has 1 aromatic rings. The summed E-state index contributed by atoms with van der Waals surface area (Å²) in [5.41, 5.74) is 0.656. The number of halogens is 1. The van der Waals surface area contributed by atoms with E-state index in [1.807, 2.05) is 30.3 Å². The first kappa shape index (κ1) is 16.3. The molecule has 0 aromatic heterocycles. The van der Waals surface area contributed by atoms with Crippen molar-refractivity contribution in [3.05, 3.63) is 35.9 Å². The molecule has 2 aliphatic rings. The van der Waals surface area contributed by atoms with E-state index >= 15 is 0 Å². The fraction of sp³-hybridized carbons (Fsp3) is 0.588. The maximum Gasteiger partial charge on any atom is 0.338 e. The van der Waals surface area contributed by atoms with Crippen molar-refractivity contribution in [2.75, 3.05) is 19.7 Å². The molecular formula is C17H24ClNO2. The van der Waals surface area contributed by atoms with E-state index in [2.05, 4.69) is 4.90 Å². The number of benzene rings is 1. The number of nitrogens with zero attached hydrogens (tertiary/aromatic N) is 1. The van der Waals surface area contributed by atoms with Gasteiger partial charge in [-0.2, -0.15) is 0 Å². The maximum absolute atomic E-state index is 12.0. The highest BCUT2D eigenvalue weighted by atomic mass is 35.5. The van der Waals surface area contributed by atoms with Gasteiger partial charge < -0.3 is 4.74 Å². The Bertz CT molecular complexity index is 449. The topological polar surface area (TPSA) is 29.5 Å². The number of hydrogen-bond donors (Lipinski definition) is 0. The molecule has 2 fully saturated rings. The Morgan fingerprint density at radius 3 is 2.67 bits per heavy atom. The van der Waals surface area contributed by atoms with Crippen LogP contribution >= 0.6 is 12.4 Å². The predicted molar refractivity (Wildman–Crippen MR) is 85.9 cm³/mol. The summed E-state index contributed by atoms with van der Waals surface area (Å²) in [7, 11) is 0. The van der Waals surface area contributed by atoms with Crippen molar-refractivity contribution in [2.45, 2.75) is 38.1 Å². The second-order valence-electron chi connectivity index (χ2n) is 5.97. The molecule has 4 heteroatoms. The summed E-state index contributed by atoms with van der Waals surface area (Å²) >= 11 is 0. The van der Waals surface area contributed by atoms with Gasteiger partial charge in [-0.05, 0) is 50.9 Å². The molecule has 21 heavy (non-hydrogen) atoms. The molecule has 2 atom stereocenters. The lowest BCUT2D eigenvalue weighted by Gasteiger charge is -2.44. The average Bonchev–Trinajstić information content (AvgIpc) is 2.53. The zero-order chi connectivity index (χ0) is 13.8. The minimum Gasteiger partial charge on any atom is -0.462 e. The molecule has 3 rings (SSSR count). The van der Waals surface area contributed by atoms with Gasteiger partial charge in [0.25, 0.3) is 0 Å². The Hall–Kier alpha value is -1.06. The lowest BCUT2D eigenvalue weighted by molar-refractivity contribution is 0.00739. The fourth-order valence-corrected chi connectivity index (χ4v) is 3.61. The number of hydrogen-bond acceptors (Lipinski definition) is 3. The fourth-order valence-electron chi connectivity index (χ4n) is 3.61.